The molecule has 0 fully saturated rings. The molecule has 0 spiro atoms. The highest BCUT2D eigenvalue weighted by Gasteiger charge is 2.09. The molecule has 0 N–H and O–H groups in total. The fraction of sp³-hybridized carbons (Fsp3) is 0.0526. The van der Waals surface area contributed by atoms with Gasteiger partial charge in [0.15, 0.2) is 0 Å². The molecule has 0 saturated carbocycles. The molecule has 3 aromatic carbocycles. The Kier molecular flexibility index (Phi) is 4.06. The van der Waals surface area contributed by atoms with Crippen molar-refractivity contribution < 1.29 is 19.1 Å². The molecule has 0 saturated heterocycles. The average Bonchev–Trinajstić information content (AvgIpc) is 2.56. The number of carbonyl (C=O) groups is 2. The van der Waals surface area contributed by atoms with Crippen molar-refractivity contribution in [3.05, 3.63) is 71.8 Å². The lowest BCUT2D eigenvalue weighted by molar-refractivity contribution is -0.120. The standard InChI is InChI=1S/C19H14O4/c1-13-2-3-15-11-16(5-4-14(15)10-13)19(21)23-18-8-6-17(7-9-18)22-12-20/h2-12H,1H3. The molecular formula is C19H14O4. The van der Waals surface area contributed by atoms with Gasteiger partial charge >= 0.3 is 5.97 Å². The first-order valence-corrected chi connectivity index (χ1v) is 7.09. The first-order valence-electron chi connectivity index (χ1n) is 7.09. The van der Waals surface area contributed by atoms with Crippen molar-refractivity contribution in [1.82, 2.24) is 0 Å². The van der Waals surface area contributed by atoms with E-state index in [1.165, 1.54) is 5.56 Å². The second-order valence-corrected chi connectivity index (χ2v) is 5.14. The number of rotatable bonds is 4. The van der Waals surface area contributed by atoms with E-state index >= 15 is 0 Å². The predicted octanol–water partition coefficient (Wildman–Crippen LogP) is 3.90. The number of benzene rings is 3. The van der Waals surface area contributed by atoms with Crippen molar-refractivity contribution in [3.63, 3.8) is 0 Å². The van der Waals surface area contributed by atoms with Crippen LogP contribution in [-0.4, -0.2) is 12.4 Å². The Balaban J connectivity index is 1.79. The zero-order valence-electron chi connectivity index (χ0n) is 12.5. The van der Waals surface area contributed by atoms with Gasteiger partial charge < -0.3 is 9.47 Å². The van der Waals surface area contributed by atoms with Crippen molar-refractivity contribution in [2.24, 2.45) is 0 Å². The van der Waals surface area contributed by atoms with E-state index in [2.05, 4.69) is 10.8 Å². The van der Waals surface area contributed by atoms with Crippen LogP contribution in [0.3, 0.4) is 0 Å². The number of esters is 1. The van der Waals surface area contributed by atoms with Crippen LogP contribution < -0.4 is 9.47 Å². The van der Waals surface area contributed by atoms with Crippen molar-refractivity contribution in [2.75, 3.05) is 0 Å². The van der Waals surface area contributed by atoms with E-state index in [1.807, 2.05) is 25.1 Å². The maximum Gasteiger partial charge on any atom is 0.343 e. The third kappa shape index (κ3) is 3.37. The molecule has 0 aromatic heterocycles. The summed E-state index contributed by atoms with van der Waals surface area (Å²) in [5.41, 5.74) is 1.65. The van der Waals surface area contributed by atoms with Gasteiger partial charge in [0.1, 0.15) is 11.5 Å². The minimum atomic E-state index is -0.434. The normalized spacial score (nSPS) is 10.3. The van der Waals surface area contributed by atoms with E-state index < -0.39 is 5.97 Å². The zero-order valence-corrected chi connectivity index (χ0v) is 12.5. The van der Waals surface area contributed by atoms with Gasteiger partial charge in [-0.25, -0.2) is 4.79 Å². The van der Waals surface area contributed by atoms with Gasteiger partial charge in [0.2, 0.25) is 0 Å². The lowest BCUT2D eigenvalue weighted by Gasteiger charge is -2.06. The molecule has 0 amide bonds. The maximum absolute atomic E-state index is 12.2. The molecule has 0 bridgehead atoms. The van der Waals surface area contributed by atoms with Gasteiger partial charge in [-0.2, -0.15) is 0 Å². The third-order valence-electron chi connectivity index (χ3n) is 3.45. The summed E-state index contributed by atoms with van der Waals surface area (Å²) in [7, 11) is 0. The van der Waals surface area contributed by atoms with Gasteiger partial charge in [0.05, 0.1) is 5.56 Å². The topological polar surface area (TPSA) is 52.6 Å². The Morgan fingerprint density at radius 3 is 2.26 bits per heavy atom. The van der Waals surface area contributed by atoms with E-state index in [-0.39, 0.29) is 0 Å². The number of hydrogen-bond acceptors (Lipinski definition) is 4. The van der Waals surface area contributed by atoms with Gasteiger partial charge in [-0.1, -0.05) is 29.8 Å². The van der Waals surface area contributed by atoms with Crippen LogP contribution >= 0.6 is 0 Å². The monoisotopic (exact) mass is 306 g/mol. The second-order valence-electron chi connectivity index (χ2n) is 5.14. The van der Waals surface area contributed by atoms with Crippen LogP contribution in [0.2, 0.25) is 0 Å². The summed E-state index contributed by atoms with van der Waals surface area (Å²) in [4.78, 5) is 22.5. The molecule has 3 rings (SSSR count). The van der Waals surface area contributed by atoms with Gasteiger partial charge in [0, 0.05) is 0 Å². The molecule has 114 valence electrons. The maximum atomic E-state index is 12.2. The van der Waals surface area contributed by atoms with E-state index in [0.717, 1.165) is 10.8 Å². The second kappa shape index (κ2) is 6.32. The van der Waals surface area contributed by atoms with E-state index in [4.69, 9.17) is 4.74 Å². The number of hydrogen-bond donors (Lipinski definition) is 0. The summed E-state index contributed by atoms with van der Waals surface area (Å²) in [6.45, 7) is 2.37. The number of fused-ring (bicyclic) bond motifs is 1. The highest BCUT2D eigenvalue weighted by molar-refractivity contribution is 5.96. The van der Waals surface area contributed by atoms with Crippen LogP contribution in [0.5, 0.6) is 11.5 Å². The van der Waals surface area contributed by atoms with Gasteiger partial charge in [-0.3, -0.25) is 4.79 Å². The number of ether oxygens (including phenoxy) is 2. The minimum absolute atomic E-state index is 0.345. The van der Waals surface area contributed by atoms with Gasteiger partial charge in [0.25, 0.3) is 6.47 Å². The van der Waals surface area contributed by atoms with Crippen LogP contribution in [0.25, 0.3) is 10.8 Å². The van der Waals surface area contributed by atoms with E-state index in [9.17, 15) is 9.59 Å². The molecule has 0 heterocycles. The summed E-state index contributed by atoms with van der Waals surface area (Å²) in [5.74, 6) is 0.342. The molecule has 4 nitrogen and oxygen atoms in total. The molecule has 0 aliphatic rings. The van der Waals surface area contributed by atoms with Gasteiger partial charge in [-0.05, 0) is 54.1 Å². The van der Waals surface area contributed by atoms with E-state index in [0.29, 0.717) is 23.5 Å². The first kappa shape index (κ1) is 14.8. The summed E-state index contributed by atoms with van der Waals surface area (Å²) < 4.78 is 10.0. The van der Waals surface area contributed by atoms with E-state index in [1.54, 1.807) is 36.4 Å². The lowest BCUT2D eigenvalue weighted by Crippen LogP contribution is -2.08. The Morgan fingerprint density at radius 2 is 1.52 bits per heavy atom. The molecule has 0 atom stereocenters. The Labute approximate surface area is 133 Å². The SMILES string of the molecule is Cc1ccc2cc(C(=O)Oc3ccc(OC=O)cc3)ccc2c1. The summed E-state index contributed by atoms with van der Waals surface area (Å²) in [6.07, 6.45) is 0. The van der Waals surface area contributed by atoms with Crippen LogP contribution in [0.4, 0.5) is 0 Å². The predicted molar refractivity (Wildman–Crippen MR) is 86.8 cm³/mol. The summed E-state index contributed by atoms with van der Waals surface area (Å²) >= 11 is 0. The Bertz CT molecular complexity index is 866. The first-order chi connectivity index (χ1) is 11.2. The molecule has 0 aliphatic carbocycles. The summed E-state index contributed by atoms with van der Waals surface area (Å²) in [5, 5.41) is 2.07. The fourth-order valence-corrected chi connectivity index (χ4v) is 2.30. The Morgan fingerprint density at radius 1 is 0.870 bits per heavy atom. The lowest BCUT2D eigenvalue weighted by atomic mass is 10.0. The van der Waals surface area contributed by atoms with Crippen LogP contribution in [0.1, 0.15) is 15.9 Å². The number of carbonyl (C=O) groups excluding carboxylic acids is 2. The molecule has 3 aromatic rings. The summed E-state index contributed by atoms with van der Waals surface area (Å²) in [6, 6.07) is 17.8. The van der Waals surface area contributed by atoms with Crippen LogP contribution in [-0.2, 0) is 4.79 Å². The highest BCUT2D eigenvalue weighted by Crippen LogP contribution is 2.21. The molecule has 0 unspecified atom stereocenters. The van der Waals surface area contributed by atoms with Crippen LogP contribution in [0.15, 0.2) is 60.7 Å². The van der Waals surface area contributed by atoms with Crippen molar-refractivity contribution in [1.29, 1.82) is 0 Å². The third-order valence-corrected chi connectivity index (χ3v) is 3.45. The fourth-order valence-electron chi connectivity index (χ4n) is 2.30. The highest BCUT2D eigenvalue weighted by atomic mass is 16.5. The minimum Gasteiger partial charge on any atom is -0.429 e. The quantitative estimate of drug-likeness (QED) is 0.417. The van der Waals surface area contributed by atoms with Crippen LogP contribution in [0, 0.1) is 6.92 Å². The molecular weight excluding hydrogens is 292 g/mol. The van der Waals surface area contributed by atoms with Gasteiger partial charge in [-0.15, -0.1) is 0 Å². The molecule has 0 aliphatic heterocycles. The van der Waals surface area contributed by atoms with Crippen molar-refractivity contribution in [3.8, 4) is 11.5 Å². The smallest absolute Gasteiger partial charge is 0.343 e. The zero-order chi connectivity index (χ0) is 16.2. The van der Waals surface area contributed by atoms with Crippen molar-refractivity contribution >= 4 is 23.2 Å². The largest absolute Gasteiger partial charge is 0.429 e. The molecule has 23 heavy (non-hydrogen) atoms. The average molecular weight is 306 g/mol. The van der Waals surface area contributed by atoms with Crippen molar-refractivity contribution in [2.45, 2.75) is 6.92 Å². The number of aryl methyl sites for hydroxylation is 1. The molecule has 0 radical (unpaired) electrons. The molecule has 4 heteroatoms. The Hall–Kier alpha value is -3.14.